The first-order valence-corrected chi connectivity index (χ1v) is 11.1. The summed E-state index contributed by atoms with van der Waals surface area (Å²) in [6, 6.07) is -1.81. The summed E-state index contributed by atoms with van der Waals surface area (Å²) >= 11 is 4.14. The van der Waals surface area contributed by atoms with Crippen molar-refractivity contribution in [3.63, 3.8) is 0 Å². The molecule has 0 saturated carbocycles. The molecule has 0 saturated heterocycles. The number of hydrogen-bond donors (Lipinski definition) is 3. The number of alkyl carbamates (subject to hydrolysis) is 1. The highest BCUT2D eigenvalue weighted by Crippen LogP contribution is 2.10. The van der Waals surface area contributed by atoms with Gasteiger partial charge in [0.2, 0.25) is 5.91 Å². The van der Waals surface area contributed by atoms with Crippen LogP contribution in [-0.2, 0) is 19.1 Å². The van der Waals surface area contributed by atoms with Gasteiger partial charge in [0.05, 0.1) is 0 Å². The molecule has 2 atom stereocenters. The molecule has 3 N–H and O–H groups in total. The molecule has 0 aromatic carbocycles. The Hall–Kier alpha value is -1.29. The highest BCUT2D eigenvalue weighted by molar-refractivity contribution is 9.18. The molecule has 10 heteroatoms. The van der Waals surface area contributed by atoms with Crippen LogP contribution in [0.3, 0.4) is 0 Å². The molecule has 0 aromatic rings. The molecule has 0 radical (unpaired) electrons. The highest BCUT2D eigenvalue weighted by atomic mass is 79.9. The maximum atomic E-state index is 12.4. The summed E-state index contributed by atoms with van der Waals surface area (Å²) in [6.07, 6.45) is 1.88. The van der Waals surface area contributed by atoms with Gasteiger partial charge in [-0.05, 0) is 67.5 Å². The summed E-state index contributed by atoms with van der Waals surface area (Å²) in [5.41, 5.74) is -0.676. The van der Waals surface area contributed by atoms with E-state index in [9.17, 15) is 24.3 Å². The molecular formula is C18H33BrN2O6S. The Kier molecular flexibility index (Phi) is 15.2. The predicted octanol–water partition coefficient (Wildman–Crippen LogP) is 3.18. The molecule has 0 fully saturated rings. The van der Waals surface area contributed by atoms with E-state index in [2.05, 4.69) is 26.6 Å². The normalized spacial score (nSPS) is 12.9. The molecule has 0 heterocycles. The van der Waals surface area contributed by atoms with Gasteiger partial charge in [-0.2, -0.15) is 11.8 Å². The SMILES string of the molecule is CC(=O)Br.CSCC[C@H](NC(=O)[C@H](CC(C)C)NC(=O)OC(C)(C)C)C(=O)O. The minimum atomic E-state index is -1.09. The third-order valence-corrected chi connectivity index (χ3v) is 3.58. The molecule has 28 heavy (non-hydrogen) atoms. The molecule has 8 nitrogen and oxygen atoms in total. The van der Waals surface area contributed by atoms with Gasteiger partial charge < -0.3 is 20.5 Å². The van der Waals surface area contributed by atoms with Gasteiger partial charge in [0, 0.05) is 6.92 Å². The van der Waals surface area contributed by atoms with E-state index >= 15 is 0 Å². The van der Waals surface area contributed by atoms with E-state index in [1.165, 1.54) is 18.7 Å². The second-order valence-electron chi connectivity index (χ2n) is 7.48. The molecule has 0 rings (SSSR count). The lowest BCUT2D eigenvalue weighted by molar-refractivity contribution is -0.142. The number of aliphatic carboxylic acids is 1. The van der Waals surface area contributed by atoms with Crippen LogP contribution >= 0.6 is 27.7 Å². The molecule has 0 bridgehead atoms. The summed E-state index contributed by atoms with van der Waals surface area (Å²) in [5, 5.41) is 14.2. The topological polar surface area (TPSA) is 122 Å². The minimum absolute atomic E-state index is 0.0208. The summed E-state index contributed by atoms with van der Waals surface area (Å²) in [7, 11) is 0. The third kappa shape index (κ3) is 18.1. The third-order valence-electron chi connectivity index (χ3n) is 2.94. The van der Waals surface area contributed by atoms with Crippen LogP contribution in [0.4, 0.5) is 4.79 Å². The largest absolute Gasteiger partial charge is 0.480 e. The molecule has 164 valence electrons. The first kappa shape index (κ1) is 28.9. The van der Waals surface area contributed by atoms with Gasteiger partial charge in [-0.25, -0.2) is 9.59 Å². The fourth-order valence-electron chi connectivity index (χ4n) is 1.92. The number of rotatable bonds is 9. The van der Waals surface area contributed by atoms with Gasteiger partial charge in [-0.3, -0.25) is 9.59 Å². The number of nitrogens with one attached hydrogen (secondary N) is 2. The smallest absolute Gasteiger partial charge is 0.408 e. The van der Waals surface area contributed by atoms with Gasteiger partial charge >= 0.3 is 12.1 Å². The zero-order valence-corrected chi connectivity index (χ0v) is 20.0. The lowest BCUT2D eigenvalue weighted by Crippen LogP contribution is -2.52. The average molecular weight is 485 g/mol. The summed E-state index contributed by atoms with van der Waals surface area (Å²) in [6.45, 7) is 10.5. The minimum Gasteiger partial charge on any atom is -0.480 e. The Labute approximate surface area is 180 Å². The molecule has 0 unspecified atom stereocenters. The molecule has 0 spiro atoms. The fourth-order valence-corrected chi connectivity index (χ4v) is 2.39. The maximum Gasteiger partial charge on any atom is 0.408 e. The lowest BCUT2D eigenvalue weighted by Gasteiger charge is -2.25. The van der Waals surface area contributed by atoms with E-state index in [0.29, 0.717) is 18.6 Å². The zero-order chi connectivity index (χ0) is 22.5. The summed E-state index contributed by atoms with van der Waals surface area (Å²) < 4.78 is 5.15. The Bertz CT molecular complexity index is 519. The molecule has 0 aromatic heterocycles. The van der Waals surface area contributed by atoms with E-state index in [4.69, 9.17) is 4.74 Å². The van der Waals surface area contributed by atoms with E-state index < -0.39 is 35.7 Å². The number of hydrogen-bond acceptors (Lipinski definition) is 6. The first-order chi connectivity index (χ1) is 12.7. The number of carboxylic acids is 1. The first-order valence-electron chi connectivity index (χ1n) is 8.87. The molecule has 2 amide bonds. The second kappa shape index (κ2) is 14.7. The predicted molar refractivity (Wildman–Crippen MR) is 115 cm³/mol. The Morgan fingerprint density at radius 3 is 1.96 bits per heavy atom. The molecular weight excluding hydrogens is 452 g/mol. The van der Waals surface area contributed by atoms with E-state index in [0.717, 1.165) is 0 Å². The summed E-state index contributed by atoms with van der Waals surface area (Å²) in [5.74, 6) is -0.836. The zero-order valence-electron chi connectivity index (χ0n) is 17.6. The van der Waals surface area contributed by atoms with Crippen molar-refractivity contribution in [3.05, 3.63) is 0 Å². The van der Waals surface area contributed by atoms with Gasteiger partial charge in [-0.15, -0.1) is 0 Å². The van der Waals surface area contributed by atoms with E-state index in [1.807, 2.05) is 20.1 Å². The van der Waals surface area contributed by atoms with Gasteiger partial charge in [0.25, 0.3) is 0 Å². The van der Waals surface area contributed by atoms with Crippen molar-refractivity contribution in [1.29, 1.82) is 0 Å². The van der Waals surface area contributed by atoms with Crippen molar-refractivity contribution in [2.75, 3.05) is 12.0 Å². The summed E-state index contributed by atoms with van der Waals surface area (Å²) in [4.78, 5) is 44.9. The van der Waals surface area contributed by atoms with E-state index in [-0.39, 0.29) is 10.6 Å². The Balaban J connectivity index is 0. The van der Waals surface area contributed by atoms with Gasteiger partial charge in [0.15, 0.2) is 4.69 Å². The fraction of sp³-hybridized carbons (Fsp3) is 0.778. The number of thioether (sulfide) groups is 1. The standard InChI is InChI=1S/C16H30N2O5S.C2H3BrO/c1-10(2)9-12(18-15(22)23-16(3,4)5)13(19)17-11(14(20)21)7-8-24-6;1-2(3)4/h10-12H,7-9H2,1-6H3,(H,17,19)(H,18,22)(H,20,21);1H3/t11-,12-;/m0./s1. The van der Waals surface area contributed by atoms with Crippen LogP contribution in [0.15, 0.2) is 0 Å². The molecule has 0 aliphatic rings. The Morgan fingerprint density at radius 1 is 1.11 bits per heavy atom. The number of carbonyl (C=O) groups is 4. The highest BCUT2D eigenvalue weighted by Gasteiger charge is 2.28. The van der Waals surface area contributed by atoms with Crippen LogP contribution in [0.25, 0.3) is 0 Å². The monoisotopic (exact) mass is 484 g/mol. The number of halogens is 1. The maximum absolute atomic E-state index is 12.4. The lowest BCUT2D eigenvalue weighted by atomic mass is 10.0. The number of carboxylic acid groups (broad SMARTS) is 1. The van der Waals surface area contributed by atoms with Crippen LogP contribution < -0.4 is 10.6 Å². The van der Waals surface area contributed by atoms with Crippen molar-refractivity contribution in [1.82, 2.24) is 10.6 Å². The van der Waals surface area contributed by atoms with Crippen molar-refractivity contribution < 1.29 is 29.0 Å². The number of ether oxygens (including phenoxy) is 1. The quantitative estimate of drug-likeness (QED) is 0.429. The van der Waals surface area contributed by atoms with Crippen LogP contribution in [0.1, 0.15) is 54.4 Å². The van der Waals surface area contributed by atoms with Crippen molar-refractivity contribution >= 4 is 50.4 Å². The van der Waals surface area contributed by atoms with Crippen molar-refractivity contribution in [2.45, 2.75) is 72.1 Å². The average Bonchev–Trinajstić information content (AvgIpc) is 2.47. The van der Waals surface area contributed by atoms with E-state index in [1.54, 1.807) is 20.8 Å². The van der Waals surface area contributed by atoms with Crippen LogP contribution in [0.5, 0.6) is 0 Å². The van der Waals surface area contributed by atoms with Gasteiger partial charge in [0.1, 0.15) is 17.7 Å². The molecule has 0 aliphatic heterocycles. The van der Waals surface area contributed by atoms with Crippen LogP contribution in [-0.4, -0.2) is 57.5 Å². The second-order valence-corrected chi connectivity index (χ2v) is 9.58. The van der Waals surface area contributed by atoms with Crippen molar-refractivity contribution in [2.24, 2.45) is 5.92 Å². The molecule has 0 aliphatic carbocycles. The number of amides is 2. The van der Waals surface area contributed by atoms with Gasteiger partial charge in [-0.1, -0.05) is 13.8 Å². The van der Waals surface area contributed by atoms with Crippen molar-refractivity contribution in [3.8, 4) is 0 Å². The Morgan fingerprint density at radius 2 is 1.61 bits per heavy atom. The van der Waals surface area contributed by atoms with Crippen LogP contribution in [0, 0.1) is 5.92 Å². The number of carbonyl (C=O) groups excluding carboxylic acids is 3. The van der Waals surface area contributed by atoms with Crippen LogP contribution in [0.2, 0.25) is 0 Å².